The molecule has 0 saturated heterocycles. The molecule has 0 heterocycles. The fraction of sp³-hybridized carbons (Fsp3) is 0.222. The van der Waals surface area contributed by atoms with E-state index in [4.69, 9.17) is 11.6 Å². The van der Waals surface area contributed by atoms with Gasteiger partial charge < -0.3 is 10.6 Å². The monoisotopic (exact) mass is 362 g/mol. The first kappa shape index (κ1) is 18.4. The number of hydrogen-bond acceptors (Lipinski definition) is 3. The van der Waals surface area contributed by atoms with Crippen molar-refractivity contribution in [3.63, 3.8) is 0 Å². The fourth-order valence-electron chi connectivity index (χ4n) is 1.92. The summed E-state index contributed by atoms with van der Waals surface area (Å²) in [7, 11) is 0. The lowest BCUT2D eigenvalue weighted by Crippen LogP contribution is -2.25. The van der Waals surface area contributed by atoms with Gasteiger partial charge in [0.15, 0.2) is 0 Å². The molecular formula is C18H19ClN2O2S. The van der Waals surface area contributed by atoms with E-state index in [-0.39, 0.29) is 23.3 Å². The lowest BCUT2D eigenvalue weighted by molar-refractivity contribution is -0.118. The van der Waals surface area contributed by atoms with Crippen LogP contribution in [0.2, 0.25) is 5.02 Å². The number of thioether (sulfide) groups is 1. The number of aryl methyl sites for hydroxylation is 1. The Labute approximate surface area is 151 Å². The third-order valence-electron chi connectivity index (χ3n) is 3.20. The summed E-state index contributed by atoms with van der Waals surface area (Å²) in [5.41, 5.74) is 2.88. The Bertz CT molecular complexity index is 687. The van der Waals surface area contributed by atoms with Crippen LogP contribution in [0.25, 0.3) is 0 Å². The maximum Gasteiger partial charge on any atom is 0.234 e. The van der Waals surface area contributed by atoms with E-state index in [1.807, 2.05) is 43.3 Å². The molecule has 24 heavy (non-hydrogen) atoms. The molecule has 0 aromatic heterocycles. The summed E-state index contributed by atoms with van der Waals surface area (Å²) in [5.74, 6) is 0.268. The zero-order valence-corrected chi connectivity index (χ0v) is 14.9. The van der Waals surface area contributed by atoms with Crippen molar-refractivity contribution in [3.8, 4) is 0 Å². The number of carbonyl (C=O) groups excluding carboxylic acids is 2. The topological polar surface area (TPSA) is 58.2 Å². The number of hydrogen-bond donors (Lipinski definition) is 2. The fourth-order valence-corrected chi connectivity index (χ4v) is 2.70. The van der Waals surface area contributed by atoms with E-state index in [0.29, 0.717) is 11.6 Å². The van der Waals surface area contributed by atoms with Gasteiger partial charge in [0, 0.05) is 17.3 Å². The highest BCUT2D eigenvalue weighted by molar-refractivity contribution is 8.00. The lowest BCUT2D eigenvalue weighted by Gasteiger charge is -2.07. The zero-order chi connectivity index (χ0) is 17.4. The predicted molar refractivity (Wildman–Crippen MR) is 100 cm³/mol. The van der Waals surface area contributed by atoms with Gasteiger partial charge in [-0.05, 0) is 36.8 Å². The van der Waals surface area contributed by atoms with Gasteiger partial charge in [-0.25, -0.2) is 0 Å². The molecule has 0 fully saturated rings. The van der Waals surface area contributed by atoms with Gasteiger partial charge >= 0.3 is 0 Å². The molecule has 0 bridgehead atoms. The van der Waals surface area contributed by atoms with Crippen LogP contribution in [-0.2, 0) is 16.1 Å². The first-order valence-corrected chi connectivity index (χ1v) is 9.01. The second kappa shape index (κ2) is 9.35. The number of nitrogens with one attached hydrogen (secondary N) is 2. The molecule has 6 heteroatoms. The Morgan fingerprint density at radius 2 is 1.58 bits per heavy atom. The van der Waals surface area contributed by atoms with Gasteiger partial charge in [0.1, 0.15) is 0 Å². The molecule has 2 amide bonds. The molecule has 2 rings (SSSR count). The van der Waals surface area contributed by atoms with Crippen LogP contribution in [0.3, 0.4) is 0 Å². The molecular weight excluding hydrogens is 344 g/mol. The summed E-state index contributed by atoms with van der Waals surface area (Å²) < 4.78 is 0. The normalized spacial score (nSPS) is 10.2. The van der Waals surface area contributed by atoms with E-state index in [1.54, 1.807) is 12.1 Å². The van der Waals surface area contributed by atoms with Crippen LogP contribution in [0.1, 0.15) is 11.1 Å². The highest BCUT2D eigenvalue weighted by atomic mass is 35.5. The van der Waals surface area contributed by atoms with Gasteiger partial charge in [0.2, 0.25) is 11.8 Å². The van der Waals surface area contributed by atoms with Crippen molar-refractivity contribution in [2.75, 3.05) is 16.8 Å². The molecule has 126 valence electrons. The van der Waals surface area contributed by atoms with E-state index in [9.17, 15) is 9.59 Å². The minimum atomic E-state index is -0.116. The Hall–Kier alpha value is -1.98. The largest absolute Gasteiger partial charge is 0.351 e. The highest BCUT2D eigenvalue weighted by Gasteiger charge is 2.06. The molecule has 0 saturated carbocycles. The van der Waals surface area contributed by atoms with Gasteiger partial charge in [-0.15, -0.1) is 11.8 Å². The Kier molecular flexibility index (Phi) is 7.15. The van der Waals surface area contributed by atoms with Crippen LogP contribution in [0.4, 0.5) is 5.69 Å². The minimum absolute atomic E-state index is 0.0990. The van der Waals surface area contributed by atoms with Crippen molar-refractivity contribution >= 4 is 40.9 Å². The van der Waals surface area contributed by atoms with E-state index in [2.05, 4.69) is 10.6 Å². The van der Waals surface area contributed by atoms with Gasteiger partial charge in [-0.3, -0.25) is 9.59 Å². The lowest BCUT2D eigenvalue weighted by atomic mass is 10.2. The van der Waals surface area contributed by atoms with Gasteiger partial charge in [-0.1, -0.05) is 41.4 Å². The van der Waals surface area contributed by atoms with Crippen LogP contribution >= 0.6 is 23.4 Å². The Balaban J connectivity index is 1.63. The standard InChI is InChI=1S/C18H19ClN2O2S/c1-13-2-8-16(9-3-13)21-18(23)12-24-11-17(22)20-10-14-4-6-15(19)7-5-14/h2-9H,10-12H2,1H3,(H,20,22)(H,21,23). The third kappa shape index (κ3) is 6.64. The highest BCUT2D eigenvalue weighted by Crippen LogP contribution is 2.10. The third-order valence-corrected chi connectivity index (χ3v) is 4.39. The maximum atomic E-state index is 11.8. The first-order valence-electron chi connectivity index (χ1n) is 7.48. The molecule has 2 N–H and O–H groups in total. The molecule has 0 atom stereocenters. The average Bonchev–Trinajstić information content (AvgIpc) is 2.56. The Morgan fingerprint density at radius 1 is 0.958 bits per heavy atom. The van der Waals surface area contributed by atoms with Crippen molar-refractivity contribution in [3.05, 3.63) is 64.7 Å². The minimum Gasteiger partial charge on any atom is -0.351 e. The van der Waals surface area contributed by atoms with E-state index >= 15 is 0 Å². The SMILES string of the molecule is Cc1ccc(NC(=O)CSCC(=O)NCc2ccc(Cl)cc2)cc1. The number of carbonyl (C=O) groups is 2. The van der Waals surface area contributed by atoms with Gasteiger partial charge in [0.25, 0.3) is 0 Å². The number of halogens is 1. The Morgan fingerprint density at radius 3 is 2.25 bits per heavy atom. The summed E-state index contributed by atoms with van der Waals surface area (Å²) >= 11 is 7.09. The second-order valence-corrected chi connectivity index (χ2v) is 6.73. The summed E-state index contributed by atoms with van der Waals surface area (Å²) in [6, 6.07) is 14.9. The van der Waals surface area contributed by atoms with E-state index in [0.717, 1.165) is 16.8 Å². The molecule has 4 nitrogen and oxygen atoms in total. The number of benzene rings is 2. The summed E-state index contributed by atoms with van der Waals surface area (Å²) in [5, 5.41) is 6.28. The van der Waals surface area contributed by atoms with Crippen molar-refractivity contribution in [2.24, 2.45) is 0 Å². The predicted octanol–water partition coefficient (Wildman–Crippen LogP) is 3.64. The van der Waals surface area contributed by atoms with Crippen LogP contribution < -0.4 is 10.6 Å². The number of rotatable bonds is 7. The molecule has 0 aliphatic carbocycles. The summed E-state index contributed by atoms with van der Waals surface area (Å²) in [4.78, 5) is 23.6. The molecule has 0 aliphatic heterocycles. The zero-order valence-electron chi connectivity index (χ0n) is 13.3. The molecule has 0 unspecified atom stereocenters. The van der Waals surface area contributed by atoms with Crippen LogP contribution in [0, 0.1) is 6.92 Å². The van der Waals surface area contributed by atoms with E-state index < -0.39 is 0 Å². The summed E-state index contributed by atoms with van der Waals surface area (Å²) in [6.45, 7) is 2.44. The summed E-state index contributed by atoms with van der Waals surface area (Å²) in [6.07, 6.45) is 0. The van der Waals surface area contributed by atoms with Crippen LogP contribution in [0.15, 0.2) is 48.5 Å². The molecule has 0 radical (unpaired) electrons. The number of amides is 2. The molecule has 0 spiro atoms. The maximum absolute atomic E-state index is 11.8. The van der Waals surface area contributed by atoms with E-state index in [1.165, 1.54) is 11.8 Å². The molecule has 2 aromatic rings. The average molecular weight is 363 g/mol. The molecule has 0 aliphatic rings. The van der Waals surface area contributed by atoms with Gasteiger partial charge in [-0.2, -0.15) is 0 Å². The van der Waals surface area contributed by atoms with Gasteiger partial charge in [0.05, 0.1) is 11.5 Å². The van der Waals surface area contributed by atoms with Crippen molar-refractivity contribution < 1.29 is 9.59 Å². The quantitative estimate of drug-likeness (QED) is 0.790. The van der Waals surface area contributed by atoms with Crippen LogP contribution in [-0.4, -0.2) is 23.3 Å². The van der Waals surface area contributed by atoms with Crippen molar-refractivity contribution in [1.29, 1.82) is 0 Å². The number of anilines is 1. The first-order chi connectivity index (χ1) is 11.5. The molecule has 2 aromatic carbocycles. The van der Waals surface area contributed by atoms with Crippen LogP contribution in [0.5, 0.6) is 0 Å². The smallest absolute Gasteiger partial charge is 0.234 e. The second-order valence-electron chi connectivity index (χ2n) is 5.31. The van der Waals surface area contributed by atoms with Crippen molar-refractivity contribution in [2.45, 2.75) is 13.5 Å². The van der Waals surface area contributed by atoms with Crippen molar-refractivity contribution in [1.82, 2.24) is 5.32 Å².